The van der Waals surface area contributed by atoms with E-state index in [4.69, 9.17) is 21.8 Å². The van der Waals surface area contributed by atoms with Crippen molar-refractivity contribution in [3.05, 3.63) is 29.3 Å². The lowest BCUT2D eigenvalue weighted by molar-refractivity contribution is -0.140. The normalized spacial score (nSPS) is 11.4. The van der Waals surface area contributed by atoms with E-state index >= 15 is 0 Å². The van der Waals surface area contributed by atoms with E-state index in [9.17, 15) is 4.79 Å². The number of nitrogens with zero attached hydrogens (tertiary/aromatic N) is 3. The molecule has 0 saturated heterocycles. The van der Waals surface area contributed by atoms with Gasteiger partial charge in [-0.25, -0.2) is 4.79 Å². The van der Waals surface area contributed by atoms with Gasteiger partial charge in [0.05, 0.1) is 0 Å². The zero-order valence-corrected chi connectivity index (χ0v) is 12.5. The maximum Gasteiger partial charge on any atom is 0.345 e. The lowest BCUT2D eigenvalue weighted by atomic mass is 10.2. The molecule has 0 aliphatic rings. The van der Waals surface area contributed by atoms with Gasteiger partial charge in [-0.05, 0) is 31.2 Å². The number of carbonyl (C=O) groups is 1. The Morgan fingerprint density at radius 1 is 1.43 bits per heavy atom. The van der Waals surface area contributed by atoms with Gasteiger partial charge in [-0.1, -0.05) is 28.5 Å². The smallest absolute Gasteiger partial charge is 0.345 e. The molecule has 1 aromatic carbocycles. The minimum absolute atomic E-state index is 0.0149. The molecule has 9 heteroatoms. The molecule has 2 aromatic rings. The summed E-state index contributed by atoms with van der Waals surface area (Å²) in [4.78, 5) is 15.9. The van der Waals surface area contributed by atoms with Gasteiger partial charge in [0.15, 0.2) is 0 Å². The molecule has 21 heavy (non-hydrogen) atoms. The molecule has 0 aliphatic heterocycles. The van der Waals surface area contributed by atoms with Crippen LogP contribution < -0.4 is 5.73 Å². The van der Waals surface area contributed by atoms with Crippen LogP contribution in [-0.4, -0.2) is 27.8 Å². The number of rotatable bonds is 5. The molecule has 1 heterocycles. The number of aromatic nitrogens is 2. The van der Waals surface area contributed by atoms with Crippen molar-refractivity contribution in [3.63, 3.8) is 0 Å². The third-order valence-electron chi connectivity index (χ3n) is 2.10. The van der Waals surface area contributed by atoms with Crippen molar-refractivity contribution in [1.29, 1.82) is 0 Å². The minimum atomic E-state index is -0.559. The van der Waals surface area contributed by atoms with Gasteiger partial charge in [-0.15, -0.1) is 10.2 Å². The van der Waals surface area contributed by atoms with Crippen LogP contribution in [0.4, 0.5) is 0 Å². The Kier molecular flexibility index (Phi) is 5.18. The standard InChI is InChI=1S/C12H11ClN4O3S/c1-7(14)17-20-10(18)6-21-12-16-15-11(19-12)8-2-4-9(13)5-3-8/h2-5H,6H2,1H3,(H2,14,17). The second kappa shape index (κ2) is 7.09. The van der Waals surface area contributed by atoms with Crippen molar-refractivity contribution in [2.24, 2.45) is 10.9 Å². The van der Waals surface area contributed by atoms with Gasteiger partial charge in [0.25, 0.3) is 5.22 Å². The average Bonchev–Trinajstić information content (AvgIpc) is 2.92. The van der Waals surface area contributed by atoms with Crippen molar-refractivity contribution < 1.29 is 14.0 Å². The van der Waals surface area contributed by atoms with Crippen LogP contribution in [0.2, 0.25) is 5.02 Å². The summed E-state index contributed by atoms with van der Waals surface area (Å²) in [6, 6.07) is 6.96. The van der Waals surface area contributed by atoms with Gasteiger partial charge in [0.1, 0.15) is 11.6 Å². The predicted molar refractivity (Wildman–Crippen MR) is 78.9 cm³/mol. The first-order valence-corrected chi connectivity index (χ1v) is 7.13. The molecule has 0 fully saturated rings. The van der Waals surface area contributed by atoms with Crippen molar-refractivity contribution >= 4 is 35.2 Å². The van der Waals surface area contributed by atoms with Crippen LogP contribution in [0.15, 0.2) is 39.1 Å². The number of amidine groups is 1. The monoisotopic (exact) mass is 326 g/mol. The van der Waals surface area contributed by atoms with E-state index in [-0.39, 0.29) is 16.8 Å². The Bertz CT molecular complexity index is 653. The Morgan fingerprint density at radius 2 is 2.14 bits per heavy atom. The Balaban J connectivity index is 1.93. The highest BCUT2D eigenvalue weighted by Crippen LogP contribution is 2.24. The van der Waals surface area contributed by atoms with E-state index in [0.717, 1.165) is 17.3 Å². The number of hydrogen-bond donors (Lipinski definition) is 1. The molecule has 1 aromatic heterocycles. The van der Waals surface area contributed by atoms with Crippen LogP contribution in [0.25, 0.3) is 11.5 Å². The molecular formula is C12H11ClN4O3S. The van der Waals surface area contributed by atoms with Gasteiger partial charge in [0, 0.05) is 10.6 Å². The van der Waals surface area contributed by atoms with Gasteiger partial charge in [-0.2, -0.15) is 0 Å². The van der Waals surface area contributed by atoms with Crippen LogP contribution >= 0.6 is 23.4 Å². The van der Waals surface area contributed by atoms with Crippen LogP contribution in [0.1, 0.15) is 6.92 Å². The number of benzene rings is 1. The molecule has 0 saturated carbocycles. The first-order valence-electron chi connectivity index (χ1n) is 5.77. The summed E-state index contributed by atoms with van der Waals surface area (Å²) >= 11 is 6.85. The fourth-order valence-electron chi connectivity index (χ4n) is 1.25. The molecule has 0 radical (unpaired) electrons. The van der Waals surface area contributed by atoms with Crippen LogP contribution in [0.5, 0.6) is 0 Å². The topological polar surface area (TPSA) is 104 Å². The molecule has 0 amide bonds. The summed E-state index contributed by atoms with van der Waals surface area (Å²) in [7, 11) is 0. The minimum Gasteiger partial charge on any atom is -0.411 e. The number of halogens is 1. The molecular weight excluding hydrogens is 316 g/mol. The first-order chi connectivity index (χ1) is 10.0. The fraction of sp³-hybridized carbons (Fsp3) is 0.167. The van der Waals surface area contributed by atoms with Crippen molar-refractivity contribution in [2.75, 3.05) is 5.75 Å². The lowest BCUT2D eigenvalue weighted by Gasteiger charge is -1.96. The van der Waals surface area contributed by atoms with Gasteiger partial charge in [-0.3, -0.25) is 0 Å². The van der Waals surface area contributed by atoms with Gasteiger partial charge >= 0.3 is 5.97 Å². The third kappa shape index (κ3) is 4.76. The van der Waals surface area contributed by atoms with E-state index < -0.39 is 5.97 Å². The largest absolute Gasteiger partial charge is 0.411 e. The number of oxime groups is 1. The van der Waals surface area contributed by atoms with E-state index in [0.29, 0.717) is 10.9 Å². The highest BCUT2D eigenvalue weighted by atomic mass is 35.5. The Morgan fingerprint density at radius 3 is 2.81 bits per heavy atom. The van der Waals surface area contributed by atoms with Crippen molar-refractivity contribution in [2.45, 2.75) is 12.1 Å². The summed E-state index contributed by atoms with van der Waals surface area (Å²) < 4.78 is 5.41. The third-order valence-corrected chi connectivity index (χ3v) is 3.15. The summed E-state index contributed by atoms with van der Waals surface area (Å²) in [5.74, 6) is -0.0653. The van der Waals surface area contributed by atoms with Crippen LogP contribution in [0.3, 0.4) is 0 Å². The highest BCUT2D eigenvalue weighted by Gasteiger charge is 2.12. The Labute approximate surface area is 129 Å². The fourth-order valence-corrected chi connectivity index (χ4v) is 1.90. The van der Waals surface area contributed by atoms with Crippen molar-refractivity contribution in [3.8, 4) is 11.5 Å². The second-order valence-corrected chi connectivity index (χ2v) is 5.23. The van der Waals surface area contributed by atoms with Gasteiger partial charge < -0.3 is 15.0 Å². The first kappa shape index (κ1) is 15.3. The number of nitrogens with two attached hydrogens (primary N) is 1. The maximum absolute atomic E-state index is 11.3. The van der Waals surface area contributed by atoms with E-state index in [2.05, 4.69) is 20.2 Å². The number of carbonyl (C=O) groups excluding carboxylic acids is 1. The number of hydrogen-bond acceptors (Lipinski definition) is 7. The Hall–Kier alpha value is -2.06. The molecule has 7 nitrogen and oxygen atoms in total. The van der Waals surface area contributed by atoms with E-state index in [1.54, 1.807) is 24.3 Å². The molecule has 0 bridgehead atoms. The summed E-state index contributed by atoms with van der Waals surface area (Å²) in [6.07, 6.45) is 0. The molecule has 0 spiro atoms. The van der Waals surface area contributed by atoms with Crippen LogP contribution in [-0.2, 0) is 9.63 Å². The molecule has 2 N–H and O–H groups in total. The van der Waals surface area contributed by atoms with E-state index in [1.807, 2.05) is 0 Å². The lowest BCUT2D eigenvalue weighted by Crippen LogP contribution is -2.10. The van der Waals surface area contributed by atoms with E-state index in [1.165, 1.54) is 6.92 Å². The quantitative estimate of drug-likeness (QED) is 0.295. The highest BCUT2D eigenvalue weighted by molar-refractivity contribution is 7.99. The van der Waals surface area contributed by atoms with Crippen molar-refractivity contribution in [1.82, 2.24) is 10.2 Å². The molecule has 0 unspecified atom stereocenters. The van der Waals surface area contributed by atoms with Crippen LogP contribution in [0, 0.1) is 0 Å². The molecule has 0 aliphatic carbocycles. The molecule has 110 valence electrons. The summed E-state index contributed by atoms with van der Waals surface area (Å²) in [5.41, 5.74) is 5.98. The summed E-state index contributed by atoms with van der Waals surface area (Å²) in [6.45, 7) is 1.51. The maximum atomic E-state index is 11.3. The number of thioether (sulfide) groups is 1. The zero-order valence-electron chi connectivity index (χ0n) is 10.9. The predicted octanol–water partition coefficient (Wildman–Crippen LogP) is 2.32. The average molecular weight is 327 g/mol. The molecule has 0 atom stereocenters. The molecule has 2 rings (SSSR count). The zero-order chi connectivity index (χ0) is 15.2. The SMILES string of the molecule is CC(N)=NOC(=O)CSc1nnc(-c2ccc(Cl)cc2)o1. The second-order valence-electron chi connectivity index (χ2n) is 3.86. The summed E-state index contributed by atoms with van der Waals surface area (Å²) in [5, 5.41) is 11.9. The van der Waals surface area contributed by atoms with Gasteiger partial charge in [0.2, 0.25) is 5.89 Å².